The minimum absolute atomic E-state index is 0.0142. The molecule has 0 saturated carbocycles. The monoisotopic (exact) mass is 223 g/mol. The average molecular weight is 223 g/mol. The van der Waals surface area contributed by atoms with Crippen molar-refractivity contribution in [1.82, 2.24) is 4.90 Å². The third kappa shape index (κ3) is 8.00. The molecule has 0 aromatic carbocycles. The number of nitrogens with zero attached hydrogens (tertiary/aromatic N) is 1. The van der Waals surface area contributed by atoms with Crippen molar-refractivity contribution in [2.24, 2.45) is 0 Å². The smallest absolute Gasteiger partial charge is 0.317 e. The molecule has 0 aromatic rings. The number of carboxylic acid groups (broad SMARTS) is 1. The zero-order valence-electron chi connectivity index (χ0n) is 8.56. The van der Waals surface area contributed by atoms with Crippen molar-refractivity contribution < 1.29 is 18.3 Å². The zero-order valence-corrected chi connectivity index (χ0v) is 9.38. The molecular formula is C8H17NO4S. The van der Waals surface area contributed by atoms with Crippen LogP contribution in [0.2, 0.25) is 0 Å². The van der Waals surface area contributed by atoms with E-state index < -0.39 is 15.8 Å². The molecule has 0 unspecified atom stereocenters. The normalized spacial score (nSPS) is 11.9. The van der Waals surface area contributed by atoms with Gasteiger partial charge in [-0.25, -0.2) is 8.42 Å². The summed E-state index contributed by atoms with van der Waals surface area (Å²) < 4.78 is 21.7. The lowest BCUT2D eigenvalue weighted by Crippen LogP contribution is -2.34. The molecule has 0 aliphatic heterocycles. The summed E-state index contributed by atoms with van der Waals surface area (Å²) in [5.74, 6) is -0.910. The van der Waals surface area contributed by atoms with Crippen molar-refractivity contribution in [3.05, 3.63) is 0 Å². The Morgan fingerprint density at radius 3 is 2.29 bits per heavy atom. The Kier molecular flexibility index (Phi) is 5.71. The van der Waals surface area contributed by atoms with Crippen LogP contribution in [0.25, 0.3) is 0 Å². The van der Waals surface area contributed by atoms with Crippen LogP contribution in [-0.2, 0) is 14.6 Å². The highest BCUT2D eigenvalue weighted by molar-refractivity contribution is 7.90. The fourth-order valence-corrected chi connectivity index (χ4v) is 1.66. The van der Waals surface area contributed by atoms with Crippen molar-refractivity contribution in [3.63, 3.8) is 0 Å². The fraction of sp³-hybridized carbons (Fsp3) is 0.875. The number of rotatable bonds is 7. The van der Waals surface area contributed by atoms with Gasteiger partial charge in [0.1, 0.15) is 9.84 Å². The van der Waals surface area contributed by atoms with Gasteiger partial charge in [0.2, 0.25) is 0 Å². The Hall–Kier alpha value is -0.620. The molecule has 0 spiro atoms. The molecule has 84 valence electrons. The Bertz CT molecular complexity index is 273. The summed E-state index contributed by atoms with van der Waals surface area (Å²) in [5, 5.41) is 8.55. The molecule has 0 aliphatic rings. The van der Waals surface area contributed by atoms with E-state index >= 15 is 0 Å². The van der Waals surface area contributed by atoms with Gasteiger partial charge in [-0.05, 0) is 13.0 Å². The van der Waals surface area contributed by atoms with Crippen molar-refractivity contribution >= 4 is 15.8 Å². The molecule has 0 atom stereocenters. The van der Waals surface area contributed by atoms with Crippen LogP contribution in [-0.4, -0.2) is 56.0 Å². The maximum atomic E-state index is 10.9. The molecule has 0 aliphatic carbocycles. The van der Waals surface area contributed by atoms with Crippen LogP contribution in [0, 0.1) is 0 Å². The second kappa shape index (κ2) is 5.98. The first-order chi connectivity index (χ1) is 6.35. The minimum Gasteiger partial charge on any atom is -0.480 e. The quantitative estimate of drug-likeness (QED) is 0.648. The fourth-order valence-electron chi connectivity index (χ4n) is 1.07. The molecule has 0 fully saturated rings. The lowest BCUT2D eigenvalue weighted by Gasteiger charge is -2.18. The van der Waals surface area contributed by atoms with Crippen molar-refractivity contribution in [3.8, 4) is 0 Å². The van der Waals surface area contributed by atoms with Gasteiger partial charge in [0, 0.05) is 12.8 Å². The van der Waals surface area contributed by atoms with E-state index in [1.807, 2.05) is 6.92 Å². The molecule has 0 radical (unpaired) electrons. The van der Waals surface area contributed by atoms with Gasteiger partial charge in [-0.3, -0.25) is 9.69 Å². The SMILES string of the molecule is CCCN(CCS(C)(=O)=O)CC(=O)O. The van der Waals surface area contributed by atoms with E-state index in [-0.39, 0.29) is 12.3 Å². The molecule has 0 aromatic heterocycles. The molecular weight excluding hydrogens is 206 g/mol. The van der Waals surface area contributed by atoms with Crippen molar-refractivity contribution in [2.75, 3.05) is 31.6 Å². The molecule has 0 heterocycles. The van der Waals surface area contributed by atoms with E-state index in [1.165, 1.54) is 0 Å². The van der Waals surface area contributed by atoms with Gasteiger partial charge in [-0.1, -0.05) is 6.92 Å². The number of carboxylic acids is 1. The Labute approximate surface area is 84.6 Å². The number of carbonyl (C=O) groups is 1. The van der Waals surface area contributed by atoms with Crippen molar-refractivity contribution in [1.29, 1.82) is 0 Å². The molecule has 0 rings (SSSR count). The predicted molar refractivity (Wildman–Crippen MR) is 54.1 cm³/mol. The molecule has 5 nitrogen and oxygen atoms in total. The molecule has 0 bridgehead atoms. The molecule has 0 saturated heterocycles. The Morgan fingerprint density at radius 2 is 1.93 bits per heavy atom. The number of hydrogen-bond donors (Lipinski definition) is 1. The van der Waals surface area contributed by atoms with Gasteiger partial charge in [0.15, 0.2) is 0 Å². The summed E-state index contributed by atoms with van der Waals surface area (Å²) in [5.41, 5.74) is 0. The lowest BCUT2D eigenvalue weighted by molar-refractivity contribution is -0.138. The van der Waals surface area contributed by atoms with Crippen LogP contribution in [0.5, 0.6) is 0 Å². The largest absolute Gasteiger partial charge is 0.480 e. The van der Waals surface area contributed by atoms with E-state index in [2.05, 4.69) is 0 Å². The van der Waals surface area contributed by atoms with Gasteiger partial charge in [0.25, 0.3) is 0 Å². The van der Waals surface area contributed by atoms with Crippen LogP contribution in [0.15, 0.2) is 0 Å². The standard InChI is InChI=1S/C8H17NO4S/c1-3-4-9(7-8(10)11)5-6-14(2,12)13/h3-7H2,1-2H3,(H,10,11). The highest BCUT2D eigenvalue weighted by atomic mass is 32.2. The second-order valence-corrected chi connectivity index (χ2v) is 5.56. The van der Waals surface area contributed by atoms with Crippen LogP contribution < -0.4 is 0 Å². The zero-order chi connectivity index (χ0) is 11.2. The molecule has 1 N–H and O–H groups in total. The maximum Gasteiger partial charge on any atom is 0.317 e. The predicted octanol–water partition coefficient (Wildman–Crippen LogP) is -0.172. The second-order valence-electron chi connectivity index (χ2n) is 3.30. The lowest BCUT2D eigenvalue weighted by atomic mass is 10.4. The molecule has 14 heavy (non-hydrogen) atoms. The Morgan fingerprint density at radius 1 is 1.36 bits per heavy atom. The van der Waals surface area contributed by atoms with Gasteiger partial charge >= 0.3 is 5.97 Å². The third-order valence-electron chi connectivity index (χ3n) is 1.68. The molecule has 6 heteroatoms. The summed E-state index contributed by atoms with van der Waals surface area (Å²) in [6, 6.07) is 0. The number of hydrogen-bond acceptors (Lipinski definition) is 4. The van der Waals surface area contributed by atoms with Gasteiger partial charge in [-0.2, -0.15) is 0 Å². The minimum atomic E-state index is -3.01. The highest BCUT2D eigenvalue weighted by Gasteiger charge is 2.11. The topological polar surface area (TPSA) is 74.7 Å². The summed E-state index contributed by atoms with van der Waals surface area (Å²) >= 11 is 0. The number of aliphatic carboxylic acids is 1. The summed E-state index contributed by atoms with van der Waals surface area (Å²) in [7, 11) is -3.01. The Balaban J connectivity index is 4.03. The van der Waals surface area contributed by atoms with Crippen LogP contribution in [0.3, 0.4) is 0 Å². The maximum absolute atomic E-state index is 10.9. The van der Waals surface area contributed by atoms with E-state index in [1.54, 1.807) is 4.90 Å². The first-order valence-corrected chi connectivity index (χ1v) is 6.53. The van der Waals surface area contributed by atoms with Crippen LogP contribution in [0.4, 0.5) is 0 Å². The summed E-state index contributed by atoms with van der Waals surface area (Å²) in [6.07, 6.45) is 1.97. The highest BCUT2D eigenvalue weighted by Crippen LogP contribution is 1.93. The number of sulfone groups is 1. The van der Waals surface area contributed by atoms with E-state index in [0.717, 1.165) is 12.7 Å². The van der Waals surface area contributed by atoms with Crippen LogP contribution >= 0.6 is 0 Å². The van der Waals surface area contributed by atoms with Crippen molar-refractivity contribution in [2.45, 2.75) is 13.3 Å². The van der Waals surface area contributed by atoms with E-state index in [9.17, 15) is 13.2 Å². The van der Waals surface area contributed by atoms with Gasteiger partial charge in [0.05, 0.1) is 12.3 Å². The van der Waals surface area contributed by atoms with E-state index in [4.69, 9.17) is 5.11 Å². The summed E-state index contributed by atoms with van der Waals surface area (Å²) in [6.45, 7) is 2.74. The molecule has 0 amide bonds. The first-order valence-electron chi connectivity index (χ1n) is 4.47. The first kappa shape index (κ1) is 13.4. The third-order valence-corrected chi connectivity index (χ3v) is 2.60. The van der Waals surface area contributed by atoms with E-state index in [0.29, 0.717) is 13.1 Å². The van der Waals surface area contributed by atoms with Gasteiger partial charge < -0.3 is 5.11 Å². The van der Waals surface area contributed by atoms with Gasteiger partial charge in [-0.15, -0.1) is 0 Å². The summed E-state index contributed by atoms with van der Waals surface area (Å²) in [4.78, 5) is 12.0. The average Bonchev–Trinajstić information content (AvgIpc) is 1.98. The van der Waals surface area contributed by atoms with Crippen LogP contribution in [0.1, 0.15) is 13.3 Å².